The number of hydrogen-bond acceptors (Lipinski definition) is 2. The van der Waals surface area contributed by atoms with Gasteiger partial charge in [0.1, 0.15) is 0 Å². The van der Waals surface area contributed by atoms with E-state index in [0.29, 0.717) is 10.6 Å². The summed E-state index contributed by atoms with van der Waals surface area (Å²) >= 11 is 5.68. The van der Waals surface area contributed by atoms with E-state index in [1.165, 1.54) is 20.3 Å². The lowest BCUT2D eigenvalue weighted by Crippen LogP contribution is -2.19. The molecular weight excluding hydrogens is 236 g/mol. The van der Waals surface area contributed by atoms with Gasteiger partial charge in [0.2, 0.25) is 0 Å². The van der Waals surface area contributed by atoms with Crippen LogP contribution in [0.3, 0.4) is 0 Å². The number of benzene rings is 1. The third-order valence-electron chi connectivity index (χ3n) is 1.67. The molecule has 0 atom stereocenters. The fourth-order valence-electron chi connectivity index (χ4n) is 0.771. The minimum Gasteiger partial charge on any atom is -0.189 e. The SMILES string of the molecule is CN(C)S(=O)(=O)/N=C/c1ccc(Cl)cc1. The van der Waals surface area contributed by atoms with Crippen LogP contribution in [0.25, 0.3) is 0 Å². The monoisotopic (exact) mass is 246 g/mol. The van der Waals surface area contributed by atoms with Gasteiger partial charge in [0, 0.05) is 25.3 Å². The summed E-state index contributed by atoms with van der Waals surface area (Å²) in [6.07, 6.45) is 1.28. The highest BCUT2D eigenvalue weighted by Crippen LogP contribution is 2.08. The van der Waals surface area contributed by atoms with E-state index in [4.69, 9.17) is 11.6 Å². The van der Waals surface area contributed by atoms with Gasteiger partial charge in [-0.15, -0.1) is 0 Å². The number of rotatable bonds is 3. The molecule has 0 spiro atoms. The summed E-state index contributed by atoms with van der Waals surface area (Å²) in [6.45, 7) is 0. The summed E-state index contributed by atoms with van der Waals surface area (Å²) in [7, 11) is -0.686. The molecular formula is C9H11ClN2O2S. The molecule has 0 N–H and O–H groups in total. The lowest BCUT2D eigenvalue weighted by molar-refractivity contribution is 0.523. The standard InChI is InChI=1S/C9H11ClN2O2S/c1-12(2)15(13,14)11-7-8-3-5-9(10)6-4-8/h3-7H,1-2H3/b11-7+. The molecule has 0 radical (unpaired) electrons. The van der Waals surface area contributed by atoms with Crippen molar-refractivity contribution < 1.29 is 8.42 Å². The fraction of sp³-hybridized carbons (Fsp3) is 0.222. The molecule has 4 nitrogen and oxygen atoms in total. The maximum absolute atomic E-state index is 11.3. The first kappa shape index (κ1) is 12.2. The van der Waals surface area contributed by atoms with Gasteiger partial charge in [-0.3, -0.25) is 0 Å². The van der Waals surface area contributed by atoms with E-state index < -0.39 is 10.2 Å². The highest BCUT2D eigenvalue weighted by molar-refractivity contribution is 7.87. The van der Waals surface area contributed by atoms with Crippen molar-refractivity contribution in [3.63, 3.8) is 0 Å². The average molecular weight is 247 g/mol. The Morgan fingerprint density at radius 1 is 1.27 bits per heavy atom. The third kappa shape index (κ3) is 3.62. The van der Waals surface area contributed by atoms with Crippen molar-refractivity contribution in [2.24, 2.45) is 4.40 Å². The second-order valence-electron chi connectivity index (χ2n) is 3.05. The first-order chi connectivity index (χ1) is 6.92. The summed E-state index contributed by atoms with van der Waals surface area (Å²) in [5.74, 6) is 0. The average Bonchev–Trinajstić information content (AvgIpc) is 2.17. The molecule has 0 heterocycles. The van der Waals surface area contributed by atoms with E-state index >= 15 is 0 Å². The summed E-state index contributed by atoms with van der Waals surface area (Å²) in [5, 5.41) is 0.600. The van der Waals surface area contributed by atoms with Gasteiger partial charge in [0.05, 0.1) is 0 Å². The minimum absolute atomic E-state index is 0.600. The normalized spacial score (nSPS) is 12.5. The quantitative estimate of drug-likeness (QED) is 0.760. The van der Waals surface area contributed by atoms with Crippen LogP contribution in [0.4, 0.5) is 0 Å². The molecule has 0 unspecified atom stereocenters. The van der Waals surface area contributed by atoms with Gasteiger partial charge in [-0.05, 0) is 17.7 Å². The lowest BCUT2D eigenvalue weighted by atomic mass is 10.2. The van der Waals surface area contributed by atoms with Crippen molar-refractivity contribution in [1.82, 2.24) is 4.31 Å². The van der Waals surface area contributed by atoms with Gasteiger partial charge in [-0.25, -0.2) is 0 Å². The molecule has 0 aliphatic rings. The Hall–Kier alpha value is -0.910. The second kappa shape index (κ2) is 4.74. The first-order valence-corrected chi connectivity index (χ1v) is 5.93. The highest BCUT2D eigenvalue weighted by Gasteiger charge is 2.08. The van der Waals surface area contributed by atoms with Crippen molar-refractivity contribution in [2.45, 2.75) is 0 Å². The predicted octanol–water partition coefficient (Wildman–Crippen LogP) is 1.57. The molecule has 0 aliphatic carbocycles. The maximum atomic E-state index is 11.3. The minimum atomic E-state index is -3.54. The Labute approximate surface area is 94.4 Å². The van der Waals surface area contributed by atoms with Crippen molar-refractivity contribution in [3.8, 4) is 0 Å². The molecule has 82 valence electrons. The third-order valence-corrected chi connectivity index (χ3v) is 3.21. The molecule has 6 heteroatoms. The number of nitrogens with zero attached hydrogens (tertiary/aromatic N) is 2. The van der Waals surface area contributed by atoms with Crippen molar-refractivity contribution >= 4 is 28.0 Å². The second-order valence-corrected chi connectivity index (χ2v) is 5.32. The van der Waals surface area contributed by atoms with Crippen molar-refractivity contribution in [3.05, 3.63) is 34.9 Å². The van der Waals surface area contributed by atoms with Crippen LogP contribution in [-0.4, -0.2) is 33.0 Å². The Morgan fingerprint density at radius 2 is 1.80 bits per heavy atom. The largest absolute Gasteiger partial charge is 0.321 e. The predicted molar refractivity (Wildman–Crippen MR) is 61.7 cm³/mol. The molecule has 0 aliphatic heterocycles. The Bertz CT molecular complexity index is 452. The number of halogens is 1. The summed E-state index contributed by atoms with van der Waals surface area (Å²) in [4.78, 5) is 0. The molecule has 1 aromatic carbocycles. The maximum Gasteiger partial charge on any atom is 0.321 e. The molecule has 1 aromatic rings. The summed E-state index contributed by atoms with van der Waals surface area (Å²) in [6, 6.07) is 6.73. The Morgan fingerprint density at radius 3 is 2.27 bits per heavy atom. The van der Waals surface area contributed by atoms with E-state index in [1.54, 1.807) is 24.3 Å². The van der Waals surface area contributed by atoms with Crippen LogP contribution < -0.4 is 0 Å². The van der Waals surface area contributed by atoms with Gasteiger partial charge >= 0.3 is 10.2 Å². The highest BCUT2D eigenvalue weighted by atomic mass is 35.5. The molecule has 0 aromatic heterocycles. The van der Waals surface area contributed by atoms with Crippen LogP contribution in [0.1, 0.15) is 5.56 Å². The van der Waals surface area contributed by atoms with Crippen molar-refractivity contribution in [2.75, 3.05) is 14.1 Å². The van der Waals surface area contributed by atoms with Crippen molar-refractivity contribution in [1.29, 1.82) is 0 Å². The molecule has 0 amide bonds. The zero-order valence-electron chi connectivity index (χ0n) is 8.38. The topological polar surface area (TPSA) is 49.7 Å². The molecule has 15 heavy (non-hydrogen) atoms. The zero-order chi connectivity index (χ0) is 11.5. The molecule has 0 saturated carbocycles. The van der Waals surface area contributed by atoms with Crippen LogP contribution >= 0.6 is 11.6 Å². The van der Waals surface area contributed by atoms with Crippen LogP contribution in [0.2, 0.25) is 5.02 Å². The van der Waals surface area contributed by atoms with Crippen LogP contribution in [-0.2, 0) is 10.2 Å². The molecule has 0 fully saturated rings. The molecule has 1 rings (SSSR count). The lowest BCUT2D eigenvalue weighted by Gasteiger charge is -2.04. The van der Waals surface area contributed by atoms with Crippen LogP contribution in [0.15, 0.2) is 28.7 Å². The van der Waals surface area contributed by atoms with Gasteiger partial charge in [-0.2, -0.15) is 17.1 Å². The summed E-state index contributed by atoms with van der Waals surface area (Å²) < 4.78 is 27.1. The first-order valence-electron chi connectivity index (χ1n) is 4.15. The Kier molecular flexibility index (Phi) is 3.84. The van der Waals surface area contributed by atoms with E-state index in [2.05, 4.69) is 4.40 Å². The van der Waals surface area contributed by atoms with Crippen LogP contribution in [0, 0.1) is 0 Å². The van der Waals surface area contributed by atoms with Crippen LogP contribution in [0.5, 0.6) is 0 Å². The van der Waals surface area contributed by atoms with Gasteiger partial charge < -0.3 is 0 Å². The summed E-state index contributed by atoms with van der Waals surface area (Å²) in [5.41, 5.74) is 0.685. The van der Waals surface area contributed by atoms with E-state index in [1.807, 2.05) is 0 Å². The van der Waals surface area contributed by atoms with E-state index in [9.17, 15) is 8.42 Å². The van der Waals surface area contributed by atoms with E-state index in [-0.39, 0.29) is 0 Å². The smallest absolute Gasteiger partial charge is 0.189 e. The fourth-order valence-corrected chi connectivity index (χ4v) is 1.34. The number of hydrogen-bond donors (Lipinski definition) is 0. The molecule has 0 bridgehead atoms. The van der Waals surface area contributed by atoms with E-state index in [0.717, 1.165) is 4.31 Å². The van der Waals surface area contributed by atoms with Gasteiger partial charge in [0.15, 0.2) is 0 Å². The molecule has 0 saturated heterocycles. The Balaban J connectivity index is 2.87. The van der Waals surface area contributed by atoms with Gasteiger partial charge in [0.25, 0.3) is 0 Å². The van der Waals surface area contributed by atoms with Gasteiger partial charge in [-0.1, -0.05) is 23.7 Å². The zero-order valence-corrected chi connectivity index (χ0v) is 9.96.